The van der Waals surface area contributed by atoms with Crippen molar-refractivity contribution < 1.29 is 9.53 Å². The highest BCUT2D eigenvalue weighted by Gasteiger charge is 2.31. The molecule has 1 aliphatic heterocycles. The minimum atomic E-state index is -0.315. The lowest BCUT2D eigenvalue weighted by molar-refractivity contribution is -0.111. The summed E-state index contributed by atoms with van der Waals surface area (Å²) in [6, 6.07) is 28.1. The molecule has 2 N–H and O–H groups in total. The van der Waals surface area contributed by atoms with Crippen LogP contribution in [0.2, 0.25) is 0 Å². The van der Waals surface area contributed by atoms with Crippen molar-refractivity contribution in [2.24, 2.45) is 0 Å². The fraction of sp³-hybridized carbons (Fsp3) is 0.148. The van der Waals surface area contributed by atoms with Crippen molar-refractivity contribution in [3.05, 3.63) is 108 Å². The van der Waals surface area contributed by atoms with Crippen LogP contribution in [0.25, 0.3) is 6.08 Å². The molecule has 7 nitrogen and oxygen atoms in total. The largest absolute Gasteiger partial charge is 0.496 e. The maximum atomic E-state index is 12.6. The molecular weight excluding hydrogens is 426 g/mol. The number of rotatable bonds is 6. The second-order valence-corrected chi connectivity index (χ2v) is 8.04. The molecule has 0 spiro atoms. The average molecular weight is 452 g/mol. The summed E-state index contributed by atoms with van der Waals surface area (Å²) in [7, 11) is 1.60. The molecule has 5 rings (SSSR count). The predicted molar refractivity (Wildman–Crippen MR) is 133 cm³/mol. The Labute approximate surface area is 198 Å². The van der Waals surface area contributed by atoms with Crippen LogP contribution in [0.5, 0.6) is 5.75 Å². The standard InChI is InChI=1S/C27H25N5O2/c1-34-24-15-9-8-14-21(24)16-17-25(33)29-26-30-27-28-22(19-10-4-2-5-11-19)18-23(32(27)31-26)20-12-6-3-7-13-20/h2-17,22-23H,18H2,1H3,(H2,28,29,30,31,33)/b17-16+/t22-,23-/m1/s1. The van der Waals surface area contributed by atoms with Gasteiger partial charge in [-0.1, -0.05) is 78.9 Å². The summed E-state index contributed by atoms with van der Waals surface area (Å²) >= 11 is 0. The SMILES string of the molecule is COc1ccccc1/C=C/C(=O)Nc1nc2n(n1)[C@@H](c1ccccc1)C[C@H](c1ccccc1)N2. The monoisotopic (exact) mass is 451 g/mol. The van der Waals surface area contributed by atoms with E-state index >= 15 is 0 Å². The van der Waals surface area contributed by atoms with Crippen LogP contribution in [0.1, 0.15) is 35.2 Å². The number of carbonyl (C=O) groups is 1. The minimum Gasteiger partial charge on any atom is -0.496 e. The third kappa shape index (κ3) is 4.54. The molecule has 0 saturated heterocycles. The number of carbonyl (C=O) groups excluding carboxylic acids is 1. The van der Waals surface area contributed by atoms with E-state index in [-0.39, 0.29) is 23.9 Å². The number of anilines is 2. The Morgan fingerprint density at radius 3 is 2.41 bits per heavy atom. The Kier molecular flexibility index (Phi) is 6.07. The third-order valence-corrected chi connectivity index (χ3v) is 5.86. The lowest BCUT2D eigenvalue weighted by Gasteiger charge is -2.31. The number of nitrogens with zero attached hydrogens (tertiary/aromatic N) is 3. The number of methoxy groups -OCH3 is 1. The number of benzene rings is 3. The zero-order chi connectivity index (χ0) is 23.3. The van der Waals surface area contributed by atoms with Crippen LogP contribution in [0, 0.1) is 0 Å². The number of nitrogens with one attached hydrogen (secondary N) is 2. The highest BCUT2D eigenvalue weighted by Crippen LogP contribution is 2.38. The van der Waals surface area contributed by atoms with Gasteiger partial charge in [0.2, 0.25) is 5.95 Å². The molecule has 170 valence electrons. The van der Waals surface area contributed by atoms with Crippen molar-refractivity contribution in [1.82, 2.24) is 14.8 Å². The normalized spacial score (nSPS) is 17.1. The molecule has 0 aliphatic carbocycles. The fourth-order valence-corrected chi connectivity index (χ4v) is 4.21. The van der Waals surface area contributed by atoms with Gasteiger partial charge in [0, 0.05) is 11.6 Å². The second kappa shape index (κ2) is 9.62. The smallest absolute Gasteiger partial charge is 0.250 e. The molecule has 2 atom stereocenters. The molecule has 34 heavy (non-hydrogen) atoms. The summed E-state index contributed by atoms with van der Waals surface area (Å²) in [5, 5.41) is 10.9. The second-order valence-electron chi connectivity index (χ2n) is 8.04. The van der Waals surface area contributed by atoms with Gasteiger partial charge in [-0.2, -0.15) is 4.98 Å². The highest BCUT2D eigenvalue weighted by molar-refractivity contribution is 6.01. The van der Waals surface area contributed by atoms with Gasteiger partial charge in [0.15, 0.2) is 0 Å². The van der Waals surface area contributed by atoms with Crippen molar-refractivity contribution in [3.8, 4) is 5.75 Å². The van der Waals surface area contributed by atoms with Gasteiger partial charge in [0.05, 0.1) is 19.2 Å². The van der Waals surface area contributed by atoms with Crippen molar-refractivity contribution in [2.45, 2.75) is 18.5 Å². The molecule has 0 unspecified atom stereocenters. The Balaban J connectivity index is 1.40. The Morgan fingerprint density at radius 1 is 1.00 bits per heavy atom. The van der Waals surface area contributed by atoms with Crippen molar-refractivity contribution in [1.29, 1.82) is 0 Å². The summed E-state index contributed by atoms with van der Waals surface area (Å²) in [4.78, 5) is 17.2. The van der Waals surface area contributed by atoms with E-state index < -0.39 is 0 Å². The molecule has 0 bridgehead atoms. The zero-order valence-corrected chi connectivity index (χ0v) is 18.8. The van der Waals surface area contributed by atoms with Gasteiger partial charge in [0.1, 0.15) is 5.75 Å². The van der Waals surface area contributed by atoms with E-state index in [2.05, 4.69) is 45.0 Å². The maximum Gasteiger partial charge on any atom is 0.250 e. The number of amides is 1. The molecule has 0 fully saturated rings. The molecule has 1 aliphatic rings. The number of para-hydroxylation sites is 1. The quantitative estimate of drug-likeness (QED) is 0.399. The van der Waals surface area contributed by atoms with E-state index in [1.54, 1.807) is 13.2 Å². The van der Waals surface area contributed by atoms with Gasteiger partial charge < -0.3 is 10.1 Å². The number of hydrogen-bond acceptors (Lipinski definition) is 5. The lowest BCUT2D eigenvalue weighted by Crippen LogP contribution is -2.28. The summed E-state index contributed by atoms with van der Waals surface area (Å²) in [5.74, 6) is 1.26. The van der Waals surface area contributed by atoms with Gasteiger partial charge in [-0.25, -0.2) is 4.68 Å². The summed E-state index contributed by atoms with van der Waals surface area (Å²) in [6.45, 7) is 0. The molecule has 4 aromatic rings. The first-order chi connectivity index (χ1) is 16.7. The van der Waals surface area contributed by atoms with Crippen LogP contribution in [0.4, 0.5) is 11.9 Å². The molecule has 2 heterocycles. The molecule has 1 amide bonds. The maximum absolute atomic E-state index is 12.6. The van der Waals surface area contributed by atoms with E-state index in [4.69, 9.17) is 4.74 Å². The minimum absolute atomic E-state index is 0.00932. The van der Waals surface area contributed by atoms with Gasteiger partial charge >= 0.3 is 0 Å². The van der Waals surface area contributed by atoms with Crippen LogP contribution in [-0.4, -0.2) is 27.8 Å². The first-order valence-corrected chi connectivity index (χ1v) is 11.2. The topological polar surface area (TPSA) is 81.1 Å². The lowest BCUT2D eigenvalue weighted by atomic mass is 9.93. The first kappa shape index (κ1) is 21.5. The summed E-state index contributed by atoms with van der Waals surface area (Å²) in [5.41, 5.74) is 3.14. The van der Waals surface area contributed by atoms with E-state index in [1.165, 1.54) is 11.6 Å². The molecule has 0 saturated carbocycles. The van der Waals surface area contributed by atoms with Crippen molar-refractivity contribution in [2.75, 3.05) is 17.7 Å². The van der Waals surface area contributed by atoms with Gasteiger partial charge in [0.25, 0.3) is 11.9 Å². The predicted octanol–water partition coefficient (Wildman–Crippen LogP) is 5.08. The third-order valence-electron chi connectivity index (χ3n) is 5.86. The number of hydrogen-bond donors (Lipinski definition) is 2. The van der Waals surface area contributed by atoms with Crippen molar-refractivity contribution >= 4 is 23.9 Å². The van der Waals surface area contributed by atoms with E-state index in [0.29, 0.717) is 11.7 Å². The van der Waals surface area contributed by atoms with E-state index in [0.717, 1.165) is 17.5 Å². The number of ether oxygens (including phenoxy) is 1. The Bertz CT molecular complexity index is 1300. The molecule has 0 radical (unpaired) electrons. The number of aromatic nitrogens is 3. The van der Waals surface area contributed by atoms with Crippen LogP contribution in [0.3, 0.4) is 0 Å². The van der Waals surface area contributed by atoms with Crippen LogP contribution in [-0.2, 0) is 4.79 Å². The molecule has 7 heteroatoms. The Morgan fingerprint density at radius 2 is 1.68 bits per heavy atom. The van der Waals surface area contributed by atoms with Gasteiger partial charge in [-0.05, 0) is 29.7 Å². The van der Waals surface area contributed by atoms with Crippen LogP contribution < -0.4 is 15.4 Å². The highest BCUT2D eigenvalue weighted by atomic mass is 16.5. The van der Waals surface area contributed by atoms with Crippen molar-refractivity contribution in [3.63, 3.8) is 0 Å². The summed E-state index contributed by atoms with van der Waals surface area (Å²) < 4.78 is 7.19. The Hall–Kier alpha value is -4.39. The van der Waals surface area contributed by atoms with Crippen LogP contribution in [0.15, 0.2) is 91.0 Å². The molecular formula is C27H25N5O2. The summed E-state index contributed by atoms with van der Waals surface area (Å²) in [6.07, 6.45) is 3.97. The van der Waals surface area contributed by atoms with Gasteiger partial charge in [-0.15, -0.1) is 5.10 Å². The molecule has 1 aromatic heterocycles. The van der Waals surface area contributed by atoms with E-state index in [9.17, 15) is 4.79 Å². The molecule has 3 aromatic carbocycles. The van der Waals surface area contributed by atoms with Gasteiger partial charge in [-0.3, -0.25) is 10.1 Å². The van der Waals surface area contributed by atoms with E-state index in [1.807, 2.05) is 65.3 Å². The van der Waals surface area contributed by atoms with Crippen LogP contribution >= 0.6 is 0 Å². The zero-order valence-electron chi connectivity index (χ0n) is 18.8. The number of fused-ring (bicyclic) bond motifs is 1. The fourth-order valence-electron chi connectivity index (χ4n) is 4.21. The first-order valence-electron chi connectivity index (χ1n) is 11.2. The average Bonchev–Trinajstić information content (AvgIpc) is 3.30.